The zero-order valence-corrected chi connectivity index (χ0v) is 26.5. The Bertz CT molecular complexity index is 1560. The van der Waals surface area contributed by atoms with Crippen molar-refractivity contribution in [2.24, 2.45) is 11.8 Å². The van der Waals surface area contributed by atoms with E-state index in [1.54, 1.807) is 24.3 Å². The Balaban J connectivity index is 1.16. The molecule has 2 aliphatic rings. The molecule has 0 aliphatic carbocycles. The Hall–Kier alpha value is -3.58. The average Bonchev–Trinajstić information content (AvgIpc) is 3.02. The zero-order chi connectivity index (χ0) is 31.5. The Kier molecular flexibility index (Phi) is 9.54. The minimum Gasteiger partial charge on any atom is -0.322 e. The second kappa shape index (κ2) is 13.2. The van der Waals surface area contributed by atoms with Gasteiger partial charge in [-0.1, -0.05) is 13.8 Å². The van der Waals surface area contributed by atoms with Crippen molar-refractivity contribution >= 4 is 43.2 Å². The van der Waals surface area contributed by atoms with E-state index in [9.17, 15) is 26.4 Å². The molecule has 12 heteroatoms. The van der Waals surface area contributed by atoms with E-state index in [-0.39, 0.29) is 9.79 Å². The highest BCUT2D eigenvalue weighted by Gasteiger charge is 2.29. The number of piperidine rings is 2. The Morgan fingerprint density at radius 1 is 0.545 bits per heavy atom. The number of hydrogen-bond acceptors (Lipinski definition) is 6. The lowest BCUT2D eigenvalue weighted by molar-refractivity contribution is 0.101. The third-order valence-corrected chi connectivity index (χ3v) is 12.2. The van der Waals surface area contributed by atoms with Crippen molar-refractivity contribution < 1.29 is 26.4 Å². The van der Waals surface area contributed by atoms with Crippen molar-refractivity contribution in [2.45, 2.75) is 49.3 Å². The molecule has 0 atom stereocenters. The number of carbonyl (C=O) groups is 2. The van der Waals surface area contributed by atoms with Gasteiger partial charge in [-0.05, 0) is 110 Å². The van der Waals surface area contributed by atoms with Crippen LogP contribution in [0.3, 0.4) is 0 Å². The summed E-state index contributed by atoms with van der Waals surface area (Å²) in [6.45, 7) is 6.27. The molecule has 234 valence electrons. The number of benzene rings is 3. The van der Waals surface area contributed by atoms with Gasteiger partial charge in [-0.15, -0.1) is 0 Å². The molecular weight excluding hydrogens is 601 g/mol. The van der Waals surface area contributed by atoms with Crippen molar-refractivity contribution in [3.8, 4) is 0 Å². The van der Waals surface area contributed by atoms with Crippen molar-refractivity contribution in [3.05, 3.63) is 83.9 Å². The first-order valence-electron chi connectivity index (χ1n) is 14.9. The van der Waals surface area contributed by atoms with Gasteiger partial charge in [0.25, 0.3) is 11.8 Å². The molecule has 0 spiro atoms. The molecule has 2 N–H and O–H groups in total. The summed E-state index contributed by atoms with van der Waals surface area (Å²) in [7, 11) is -7.16. The lowest BCUT2D eigenvalue weighted by atomic mass is 10.0. The van der Waals surface area contributed by atoms with Gasteiger partial charge in [0.05, 0.1) is 9.79 Å². The van der Waals surface area contributed by atoms with Crippen LogP contribution in [0.1, 0.15) is 60.2 Å². The number of sulfonamides is 2. The van der Waals surface area contributed by atoms with Gasteiger partial charge >= 0.3 is 0 Å². The standard InChI is InChI=1S/C32H38N4O6S2/c1-23-15-19-35(20-16-23)43(39,40)29-11-7-27(8-12-29)33-31(37)25-3-5-26(6-4-25)32(38)34-28-9-13-30(14-10-28)44(41,42)36-21-17-24(2)18-22-36/h3-14,23-24H,15-22H2,1-2H3,(H,33,37)(H,34,38). The van der Waals surface area contributed by atoms with Crippen LogP contribution in [0.4, 0.5) is 11.4 Å². The summed E-state index contributed by atoms with van der Waals surface area (Å²) in [5, 5.41) is 5.51. The number of anilines is 2. The van der Waals surface area contributed by atoms with E-state index in [4.69, 9.17) is 0 Å². The van der Waals surface area contributed by atoms with Crippen LogP contribution < -0.4 is 10.6 Å². The van der Waals surface area contributed by atoms with Gasteiger partial charge in [0, 0.05) is 48.7 Å². The summed E-state index contributed by atoms with van der Waals surface area (Å²) in [4.78, 5) is 26.0. The highest BCUT2D eigenvalue weighted by Crippen LogP contribution is 2.26. The molecule has 44 heavy (non-hydrogen) atoms. The number of rotatable bonds is 8. The summed E-state index contributed by atoms with van der Waals surface area (Å²) in [6, 6.07) is 18.3. The van der Waals surface area contributed by atoms with Crippen molar-refractivity contribution in [1.29, 1.82) is 0 Å². The van der Waals surface area contributed by atoms with E-state index in [0.717, 1.165) is 25.7 Å². The van der Waals surface area contributed by atoms with E-state index < -0.39 is 31.9 Å². The summed E-state index contributed by atoms with van der Waals surface area (Å²) in [5.74, 6) is 0.220. The fourth-order valence-corrected chi connectivity index (χ4v) is 8.29. The van der Waals surface area contributed by atoms with Crippen LogP contribution in [0.15, 0.2) is 82.6 Å². The average molecular weight is 639 g/mol. The minimum absolute atomic E-state index is 0.188. The van der Waals surface area contributed by atoms with Crippen molar-refractivity contribution in [2.75, 3.05) is 36.8 Å². The molecule has 3 aromatic carbocycles. The fourth-order valence-electron chi connectivity index (χ4n) is 5.35. The highest BCUT2D eigenvalue weighted by atomic mass is 32.2. The monoisotopic (exact) mass is 638 g/mol. The van der Waals surface area contributed by atoms with Gasteiger partial charge in [0.15, 0.2) is 0 Å². The van der Waals surface area contributed by atoms with Crippen LogP contribution in [-0.2, 0) is 20.0 Å². The smallest absolute Gasteiger partial charge is 0.255 e. The third kappa shape index (κ3) is 7.20. The van der Waals surface area contributed by atoms with Crippen molar-refractivity contribution in [3.63, 3.8) is 0 Å². The Labute approximate surface area is 259 Å². The predicted octanol–water partition coefficient (Wildman–Crippen LogP) is 5.03. The first kappa shape index (κ1) is 31.8. The highest BCUT2D eigenvalue weighted by molar-refractivity contribution is 7.89. The normalized spacial score (nSPS) is 17.7. The maximum Gasteiger partial charge on any atom is 0.255 e. The van der Waals surface area contributed by atoms with Crippen LogP contribution in [0, 0.1) is 11.8 Å². The Morgan fingerprint density at radius 2 is 0.841 bits per heavy atom. The second-order valence-electron chi connectivity index (χ2n) is 11.7. The molecule has 10 nitrogen and oxygen atoms in total. The van der Waals surface area contributed by atoms with Gasteiger partial charge in [0.2, 0.25) is 20.0 Å². The summed E-state index contributed by atoms with van der Waals surface area (Å²) in [6.07, 6.45) is 3.36. The quantitative estimate of drug-likeness (QED) is 0.356. The SMILES string of the molecule is CC1CCN(S(=O)(=O)c2ccc(NC(=O)c3ccc(C(=O)Nc4ccc(S(=O)(=O)N5CCC(C)CC5)cc4)cc3)cc2)CC1. The topological polar surface area (TPSA) is 133 Å². The van der Waals surface area contributed by atoms with Crippen LogP contribution >= 0.6 is 0 Å². The largest absolute Gasteiger partial charge is 0.322 e. The molecule has 0 radical (unpaired) electrons. The van der Waals surface area contributed by atoms with Gasteiger partial charge in [-0.2, -0.15) is 8.61 Å². The van der Waals surface area contributed by atoms with Crippen LogP contribution in [0.5, 0.6) is 0 Å². The molecule has 0 aromatic heterocycles. The van der Waals surface area contributed by atoms with Gasteiger partial charge in [-0.25, -0.2) is 16.8 Å². The number of nitrogens with zero attached hydrogens (tertiary/aromatic N) is 2. The summed E-state index contributed by atoms with van der Waals surface area (Å²) < 4.78 is 54.8. The lowest BCUT2D eigenvalue weighted by Gasteiger charge is -2.29. The summed E-state index contributed by atoms with van der Waals surface area (Å²) >= 11 is 0. The Morgan fingerprint density at radius 3 is 1.14 bits per heavy atom. The molecule has 2 amide bonds. The number of carbonyl (C=O) groups excluding carboxylic acids is 2. The van der Waals surface area contributed by atoms with Crippen LogP contribution in [0.25, 0.3) is 0 Å². The number of hydrogen-bond donors (Lipinski definition) is 2. The van der Waals surface area contributed by atoms with E-state index in [2.05, 4.69) is 24.5 Å². The predicted molar refractivity (Wildman–Crippen MR) is 170 cm³/mol. The summed E-state index contributed by atoms with van der Waals surface area (Å²) in [5.41, 5.74) is 1.54. The molecule has 0 bridgehead atoms. The molecule has 0 unspecified atom stereocenters. The molecular formula is C32H38N4O6S2. The van der Waals surface area contributed by atoms with Gasteiger partial charge in [0.1, 0.15) is 0 Å². The van der Waals surface area contributed by atoms with E-state index in [0.29, 0.717) is 60.5 Å². The molecule has 2 fully saturated rings. The van der Waals surface area contributed by atoms with Crippen LogP contribution in [0.2, 0.25) is 0 Å². The molecule has 3 aromatic rings. The number of nitrogens with one attached hydrogen (secondary N) is 2. The molecule has 2 heterocycles. The van der Waals surface area contributed by atoms with E-state index >= 15 is 0 Å². The fraction of sp³-hybridized carbons (Fsp3) is 0.375. The zero-order valence-electron chi connectivity index (χ0n) is 24.9. The second-order valence-corrected chi connectivity index (χ2v) is 15.6. The van der Waals surface area contributed by atoms with Crippen LogP contribution in [-0.4, -0.2) is 63.4 Å². The number of amides is 2. The van der Waals surface area contributed by atoms with Crippen molar-refractivity contribution in [1.82, 2.24) is 8.61 Å². The maximum atomic E-state index is 13.0. The van der Waals surface area contributed by atoms with E-state index in [1.807, 2.05) is 0 Å². The maximum absolute atomic E-state index is 13.0. The molecule has 2 aliphatic heterocycles. The minimum atomic E-state index is -3.58. The lowest BCUT2D eigenvalue weighted by Crippen LogP contribution is -2.37. The van der Waals surface area contributed by atoms with Gasteiger partial charge in [-0.3, -0.25) is 9.59 Å². The van der Waals surface area contributed by atoms with E-state index in [1.165, 1.54) is 57.1 Å². The molecule has 2 saturated heterocycles. The molecule has 5 rings (SSSR count). The first-order valence-corrected chi connectivity index (χ1v) is 17.7. The third-order valence-electron chi connectivity index (χ3n) is 8.39. The first-order chi connectivity index (χ1) is 20.9. The molecule has 0 saturated carbocycles. The van der Waals surface area contributed by atoms with Gasteiger partial charge < -0.3 is 10.6 Å².